The van der Waals surface area contributed by atoms with Crippen LogP contribution >= 0.6 is 0 Å². The highest BCUT2D eigenvalue weighted by Gasteiger charge is 2.34. The molecule has 1 aliphatic rings. The molecule has 236 valence electrons. The lowest BCUT2D eigenvalue weighted by molar-refractivity contribution is -0.126. The molecular weight excluding hydrogens is 558 g/mol. The highest BCUT2D eigenvalue weighted by molar-refractivity contribution is 6.01. The zero-order valence-electron chi connectivity index (χ0n) is 26.5. The third kappa shape index (κ3) is 7.99. The predicted molar refractivity (Wildman–Crippen MR) is 169 cm³/mol. The number of rotatable bonds is 13. The number of methoxy groups -OCH3 is 1. The summed E-state index contributed by atoms with van der Waals surface area (Å²) in [7, 11) is 1.57. The number of H-pyrrole nitrogens is 2. The Kier molecular flexibility index (Phi) is 10.4. The fourth-order valence-electron chi connectivity index (χ4n) is 5.58. The van der Waals surface area contributed by atoms with E-state index in [0.717, 1.165) is 22.2 Å². The molecule has 0 radical (unpaired) electrons. The molecule has 1 fully saturated rings. The second-order valence-electron chi connectivity index (χ2n) is 13.0. The number of hydrogen-bond donors (Lipinski definition) is 6. The van der Waals surface area contributed by atoms with E-state index in [1.165, 1.54) is 0 Å². The highest BCUT2D eigenvalue weighted by Crippen LogP contribution is 2.26. The number of nitrogens with one attached hydrogen (secondary N) is 6. The summed E-state index contributed by atoms with van der Waals surface area (Å²) >= 11 is 0. The molecule has 11 heteroatoms. The van der Waals surface area contributed by atoms with Crippen LogP contribution in [0.1, 0.15) is 75.6 Å². The van der Waals surface area contributed by atoms with E-state index in [0.29, 0.717) is 43.8 Å². The number of carbonyl (C=O) groups excluding carboxylic acids is 3. The molecule has 1 aliphatic heterocycles. The van der Waals surface area contributed by atoms with Gasteiger partial charge in [0.15, 0.2) is 0 Å². The first-order chi connectivity index (χ1) is 20.9. The number of fused-ring (bicyclic) bond motifs is 1. The summed E-state index contributed by atoms with van der Waals surface area (Å²) in [5.74, 6) is -0.496. The van der Waals surface area contributed by atoms with Crippen molar-refractivity contribution in [3.05, 3.63) is 53.5 Å². The number of nitrogens with zero attached hydrogens (tertiary/aromatic N) is 1. The maximum Gasteiger partial charge on any atom is 0.268 e. The molecule has 0 aliphatic carbocycles. The van der Waals surface area contributed by atoms with Gasteiger partial charge in [0, 0.05) is 41.8 Å². The van der Waals surface area contributed by atoms with E-state index < -0.39 is 29.9 Å². The predicted octanol–water partition coefficient (Wildman–Crippen LogP) is 3.64. The minimum atomic E-state index is -0.854. The Hall–Kier alpha value is -4.30. The fraction of sp³-hybridized carbons (Fsp3) is 0.515. The average Bonchev–Trinajstić information content (AvgIpc) is 3.72. The number of benzene rings is 1. The van der Waals surface area contributed by atoms with E-state index in [9.17, 15) is 19.6 Å². The van der Waals surface area contributed by atoms with Gasteiger partial charge in [-0.25, -0.2) is 0 Å². The Morgan fingerprint density at radius 1 is 1.18 bits per heavy atom. The van der Waals surface area contributed by atoms with Gasteiger partial charge in [0.25, 0.3) is 5.91 Å². The minimum absolute atomic E-state index is 0.0233. The van der Waals surface area contributed by atoms with Crippen molar-refractivity contribution in [3.8, 4) is 11.8 Å². The SMILES string of the molecule is COc1cccc2[nH]c(C(=O)N[C@@H](CC(C)C)C(=O)N[C@@H](C[C@@H]3CCNC3=O)C(C#N)NCc3cc(C(C)(C)C)c[nH]3)cc12. The zero-order chi connectivity index (χ0) is 32.0. The van der Waals surface area contributed by atoms with Gasteiger partial charge in [-0.2, -0.15) is 5.26 Å². The molecule has 0 saturated carbocycles. The van der Waals surface area contributed by atoms with Gasteiger partial charge in [-0.05, 0) is 60.4 Å². The summed E-state index contributed by atoms with van der Waals surface area (Å²) in [6.45, 7) is 11.3. The number of ether oxygens (including phenoxy) is 1. The largest absolute Gasteiger partial charge is 0.496 e. The average molecular weight is 604 g/mol. The number of nitriles is 1. The van der Waals surface area contributed by atoms with Crippen LogP contribution in [0.5, 0.6) is 5.75 Å². The van der Waals surface area contributed by atoms with Crippen LogP contribution in [-0.2, 0) is 21.5 Å². The second-order valence-corrected chi connectivity index (χ2v) is 13.0. The van der Waals surface area contributed by atoms with Gasteiger partial charge in [-0.15, -0.1) is 0 Å². The monoisotopic (exact) mass is 603 g/mol. The fourth-order valence-corrected chi connectivity index (χ4v) is 5.58. The van der Waals surface area contributed by atoms with Gasteiger partial charge in [-0.1, -0.05) is 40.7 Å². The van der Waals surface area contributed by atoms with Gasteiger partial charge in [0.1, 0.15) is 23.5 Å². The Labute approximate surface area is 258 Å². The maximum absolute atomic E-state index is 13.8. The van der Waals surface area contributed by atoms with Crippen molar-refractivity contribution in [2.24, 2.45) is 11.8 Å². The van der Waals surface area contributed by atoms with Crippen molar-refractivity contribution in [2.75, 3.05) is 13.7 Å². The number of aromatic nitrogens is 2. The van der Waals surface area contributed by atoms with Crippen LogP contribution in [0.25, 0.3) is 10.9 Å². The number of hydrogen-bond acceptors (Lipinski definition) is 6. The first-order valence-corrected chi connectivity index (χ1v) is 15.2. The molecule has 1 aromatic carbocycles. The number of aromatic amines is 2. The van der Waals surface area contributed by atoms with Crippen molar-refractivity contribution in [2.45, 2.75) is 84.0 Å². The second kappa shape index (κ2) is 14.0. The van der Waals surface area contributed by atoms with Crippen molar-refractivity contribution < 1.29 is 19.1 Å². The van der Waals surface area contributed by atoms with Crippen LogP contribution in [-0.4, -0.2) is 59.5 Å². The summed E-state index contributed by atoms with van der Waals surface area (Å²) in [6, 6.07) is 9.27. The standard InChI is InChI=1S/C33H45N7O4/c1-19(2)12-26(40-32(43)27-15-23-24(38-27)8-7-9-29(23)44-6)31(42)39-25(13-20-10-11-35-30(20)41)28(16-34)37-18-22-14-21(17-36-22)33(3,4)5/h7-9,14-15,17,19-20,25-26,28,36-38H,10-13,18H2,1-6H3,(H,35,41)(H,39,42)(H,40,43)/t20-,25-,26-,28?/m0/s1. The summed E-state index contributed by atoms with van der Waals surface area (Å²) in [5, 5.41) is 23.0. The Morgan fingerprint density at radius 2 is 1.95 bits per heavy atom. The van der Waals surface area contributed by atoms with Crippen molar-refractivity contribution in [1.82, 2.24) is 31.2 Å². The quantitative estimate of drug-likeness (QED) is 0.175. The van der Waals surface area contributed by atoms with Gasteiger partial charge in [-0.3, -0.25) is 19.7 Å². The summed E-state index contributed by atoms with van der Waals surface area (Å²) < 4.78 is 5.42. The molecule has 3 amide bonds. The highest BCUT2D eigenvalue weighted by atomic mass is 16.5. The molecule has 0 bridgehead atoms. The molecule has 4 rings (SSSR count). The molecule has 0 spiro atoms. The molecule has 11 nitrogen and oxygen atoms in total. The third-order valence-electron chi connectivity index (χ3n) is 8.11. The van der Waals surface area contributed by atoms with Gasteiger partial charge in [0.05, 0.1) is 19.2 Å². The van der Waals surface area contributed by atoms with Crippen LogP contribution in [0, 0.1) is 23.2 Å². The van der Waals surface area contributed by atoms with Crippen molar-refractivity contribution in [1.29, 1.82) is 5.26 Å². The first-order valence-electron chi connectivity index (χ1n) is 15.2. The summed E-state index contributed by atoms with van der Waals surface area (Å²) in [6.07, 6.45) is 3.28. The summed E-state index contributed by atoms with van der Waals surface area (Å²) in [4.78, 5) is 46.0. The molecule has 6 N–H and O–H groups in total. The van der Waals surface area contributed by atoms with Crippen LogP contribution in [0.15, 0.2) is 36.5 Å². The minimum Gasteiger partial charge on any atom is -0.496 e. The normalized spacial score (nSPS) is 17.1. The molecule has 4 atom stereocenters. The van der Waals surface area contributed by atoms with Crippen LogP contribution < -0.4 is 26.0 Å². The van der Waals surface area contributed by atoms with Crippen LogP contribution in [0.4, 0.5) is 0 Å². The van der Waals surface area contributed by atoms with Gasteiger partial charge < -0.3 is 30.7 Å². The molecular formula is C33H45N7O4. The molecule has 1 unspecified atom stereocenters. The lowest BCUT2D eigenvalue weighted by atomic mass is 9.89. The maximum atomic E-state index is 13.8. The molecule has 1 saturated heterocycles. The molecule has 3 aromatic rings. The lowest BCUT2D eigenvalue weighted by Gasteiger charge is -2.28. The smallest absolute Gasteiger partial charge is 0.268 e. The van der Waals surface area contributed by atoms with Gasteiger partial charge in [0.2, 0.25) is 11.8 Å². The van der Waals surface area contributed by atoms with E-state index in [1.807, 2.05) is 38.2 Å². The van der Waals surface area contributed by atoms with E-state index in [4.69, 9.17) is 4.74 Å². The van der Waals surface area contributed by atoms with Crippen LogP contribution in [0.3, 0.4) is 0 Å². The zero-order valence-corrected chi connectivity index (χ0v) is 26.5. The molecule has 2 aromatic heterocycles. The lowest BCUT2D eigenvalue weighted by Crippen LogP contribution is -2.56. The van der Waals surface area contributed by atoms with Gasteiger partial charge >= 0.3 is 0 Å². The van der Waals surface area contributed by atoms with Crippen LogP contribution in [0.2, 0.25) is 0 Å². The molecule has 44 heavy (non-hydrogen) atoms. The molecule has 3 heterocycles. The number of carbonyl (C=O) groups is 3. The topological polar surface area (TPSA) is 164 Å². The Morgan fingerprint density at radius 3 is 2.57 bits per heavy atom. The van der Waals surface area contributed by atoms with E-state index >= 15 is 0 Å². The summed E-state index contributed by atoms with van der Waals surface area (Å²) in [5.41, 5.74) is 3.09. The van der Waals surface area contributed by atoms with Crippen molar-refractivity contribution in [3.63, 3.8) is 0 Å². The Balaban J connectivity index is 1.51. The number of amides is 3. The van der Waals surface area contributed by atoms with Crippen molar-refractivity contribution >= 4 is 28.6 Å². The third-order valence-corrected chi connectivity index (χ3v) is 8.11. The Bertz CT molecular complexity index is 1510. The van der Waals surface area contributed by atoms with E-state index in [1.54, 1.807) is 13.2 Å². The first kappa shape index (κ1) is 32.6. The van der Waals surface area contributed by atoms with E-state index in [-0.39, 0.29) is 23.2 Å². The van der Waals surface area contributed by atoms with E-state index in [2.05, 4.69) is 64.1 Å².